The molecular formula is C22H30N+. The Morgan fingerprint density at radius 1 is 0.826 bits per heavy atom. The van der Waals surface area contributed by atoms with Crippen LogP contribution in [0.3, 0.4) is 0 Å². The summed E-state index contributed by atoms with van der Waals surface area (Å²) in [4.78, 5) is 0. The van der Waals surface area contributed by atoms with Crippen LogP contribution in [0, 0.1) is 23.7 Å². The number of benzene rings is 1. The van der Waals surface area contributed by atoms with Crippen LogP contribution in [0.1, 0.15) is 43.2 Å². The number of rotatable bonds is 4. The molecule has 0 radical (unpaired) electrons. The van der Waals surface area contributed by atoms with Gasteiger partial charge in [-0.2, -0.15) is 0 Å². The number of nitrogens with zero attached hydrogens (tertiary/aromatic N) is 1. The second-order valence-electron chi connectivity index (χ2n) is 8.96. The minimum Gasteiger partial charge on any atom is -0.320 e. The quantitative estimate of drug-likeness (QED) is 0.564. The van der Waals surface area contributed by atoms with Crippen LogP contribution >= 0.6 is 0 Å². The van der Waals surface area contributed by atoms with Crippen molar-refractivity contribution in [2.24, 2.45) is 23.7 Å². The van der Waals surface area contributed by atoms with Crippen molar-refractivity contribution < 1.29 is 4.48 Å². The van der Waals surface area contributed by atoms with E-state index in [4.69, 9.17) is 0 Å². The molecule has 3 heterocycles. The number of piperidine rings is 3. The standard InChI is InChI=1S/C22H30N/c1-3-19(16-23-10-7-17(8-11-23)9-12-23)4-2-18(1)13-22-15-20-5-6-21(22)14-20/h1-6,17,20-22H,7-16H2/q+1. The molecule has 1 saturated carbocycles. The van der Waals surface area contributed by atoms with Crippen LogP contribution in [-0.2, 0) is 13.0 Å². The first-order valence-electron chi connectivity index (χ1n) is 9.89. The lowest BCUT2D eigenvalue weighted by molar-refractivity contribution is -0.955. The van der Waals surface area contributed by atoms with Crippen LogP contribution < -0.4 is 0 Å². The van der Waals surface area contributed by atoms with E-state index in [1.165, 1.54) is 69.2 Å². The molecule has 0 aromatic heterocycles. The Morgan fingerprint density at radius 2 is 1.52 bits per heavy atom. The van der Waals surface area contributed by atoms with Crippen LogP contribution in [0.15, 0.2) is 36.4 Å². The summed E-state index contributed by atoms with van der Waals surface area (Å²) in [5, 5.41) is 0. The average Bonchev–Trinajstić information content (AvgIpc) is 3.21. The van der Waals surface area contributed by atoms with E-state index in [-0.39, 0.29) is 0 Å². The Bertz CT molecular complexity index is 577. The molecule has 2 aliphatic carbocycles. The Hall–Kier alpha value is -1.08. The number of fused-ring (bicyclic) bond motifs is 5. The summed E-state index contributed by atoms with van der Waals surface area (Å²) in [7, 11) is 0. The maximum atomic E-state index is 2.49. The molecule has 6 rings (SSSR count). The van der Waals surface area contributed by atoms with Gasteiger partial charge in [0, 0.05) is 5.56 Å². The number of allylic oxidation sites excluding steroid dienone is 2. The van der Waals surface area contributed by atoms with Crippen LogP contribution in [0.25, 0.3) is 0 Å². The van der Waals surface area contributed by atoms with E-state index >= 15 is 0 Å². The third-order valence-corrected chi connectivity index (χ3v) is 7.49. The molecule has 1 nitrogen and oxygen atoms in total. The minimum absolute atomic E-state index is 0.882. The van der Waals surface area contributed by atoms with Crippen molar-refractivity contribution >= 4 is 0 Å². The number of hydrogen-bond donors (Lipinski definition) is 0. The fourth-order valence-electron chi connectivity index (χ4n) is 5.98. The molecule has 122 valence electrons. The fourth-order valence-corrected chi connectivity index (χ4v) is 5.98. The van der Waals surface area contributed by atoms with Gasteiger partial charge in [0.25, 0.3) is 0 Å². The lowest BCUT2D eigenvalue weighted by Gasteiger charge is -2.49. The van der Waals surface area contributed by atoms with Gasteiger partial charge in [0.1, 0.15) is 6.54 Å². The van der Waals surface area contributed by atoms with Crippen LogP contribution in [0.2, 0.25) is 0 Å². The van der Waals surface area contributed by atoms with Crippen molar-refractivity contribution in [2.75, 3.05) is 19.6 Å². The highest BCUT2D eigenvalue weighted by Gasteiger charge is 2.39. The molecule has 3 unspecified atom stereocenters. The summed E-state index contributed by atoms with van der Waals surface area (Å²) in [6, 6.07) is 9.73. The normalized spacial score (nSPS) is 40.9. The topological polar surface area (TPSA) is 0 Å². The van der Waals surface area contributed by atoms with Crippen LogP contribution in [-0.4, -0.2) is 24.1 Å². The molecule has 1 aromatic rings. The predicted molar refractivity (Wildman–Crippen MR) is 94.9 cm³/mol. The Labute approximate surface area is 141 Å². The third-order valence-electron chi connectivity index (χ3n) is 7.49. The van der Waals surface area contributed by atoms with Crippen LogP contribution in [0.5, 0.6) is 0 Å². The minimum atomic E-state index is 0.882. The molecule has 3 aliphatic heterocycles. The van der Waals surface area contributed by atoms with Gasteiger partial charge >= 0.3 is 0 Å². The highest BCUT2D eigenvalue weighted by molar-refractivity contribution is 5.24. The zero-order chi connectivity index (χ0) is 15.3. The molecule has 5 aliphatic rings. The fraction of sp³-hybridized carbons (Fsp3) is 0.636. The van der Waals surface area contributed by atoms with Gasteiger partial charge in [0.05, 0.1) is 19.6 Å². The molecule has 3 atom stereocenters. The summed E-state index contributed by atoms with van der Waals surface area (Å²) in [6.07, 6.45) is 13.6. The highest BCUT2D eigenvalue weighted by atomic mass is 15.4. The highest BCUT2D eigenvalue weighted by Crippen LogP contribution is 2.44. The smallest absolute Gasteiger partial charge is 0.104 e. The van der Waals surface area contributed by atoms with Gasteiger partial charge in [0.2, 0.25) is 0 Å². The molecule has 0 N–H and O–H groups in total. The third kappa shape index (κ3) is 2.67. The zero-order valence-electron chi connectivity index (χ0n) is 14.3. The maximum absolute atomic E-state index is 2.49. The monoisotopic (exact) mass is 308 g/mol. The van der Waals surface area contributed by atoms with Crippen molar-refractivity contribution in [2.45, 2.75) is 45.1 Å². The van der Waals surface area contributed by atoms with Gasteiger partial charge in [0.15, 0.2) is 0 Å². The molecular weight excluding hydrogens is 278 g/mol. The Balaban J connectivity index is 1.24. The molecule has 3 saturated heterocycles. The molecule has 0 amide bonds. The summed E-state index contributed by atoms with van der Waals surface area (Å²) < 4.78 is 1.38. The number of quaternary nitrogens is 1. The van der Waals surface area contributed by atoms with E-state index in [1.54, 1.807) is 11.1 Å². The van der Waals surface area contributed by atoms with Crippen molar-refractivity contribution in [3.05, 3.63) is 47.5 Å². The van der Waals surface area contributed by atoms with Gasteiger partial charge in [-0.25, -0.2) is 0 Å². The van der Waals surface area contributed by atoms with E-state index in [0.29, 0.717) is 0 Å². The van der Waals surface area contributed by atoms with E-state index < -0.39 is 0 Å². The van der Waals surface area contributed by atoms with Gasteiger partial charge in [-0.1, -0.05) is 36.4 Å². The first-order valence-corrected chi connectivity index (χ1v) is 9.89. The summed E-state index contributed by atoms with van der Waals surface area (Å²) >= 11 is 0. The lowest BCUT2D eigenvalue weighted by atomic mass is 9.85. The maximum Gasteiger partial charge on any atom is 0.104 e. The molecule has 1 aromatic carbocycles. The Morgan fingerprint density at radius 3 is 2.13 bits per heavy atom. The van der Waals surface area contributed by atoms with Gasteiger partial charge in [-0.3, -0.25) is 0 Å². The Kier molecular flexibility index (Phi) is 3.40. The predicted octanol–water partition coefficient (Wildman–Crippen LogP) is 4.57. The van der Waals surface area contributed by atoms with E-state index in [1.807, 2.05) is 0 Å². The average molecular weight is 308 g/mol. The second kappa shape index (κ2) is 5.48. The summed E-state index contributed by atoms with van der Waals surface area (Å²) in [5.41, 5.74) is 3.14. The van der Waals surface area contributed by atoms with Crippen molar-refractivity contribution in [1.82, 2.24) is 0 Å². The van der Waals surface area contributed by atoms with E-state index in [9.17, 15) is 0 Å². The summed E-state index contributed by atoms with van der Waals surface area (Å²) in [6.45, 7) is 5.58. The van der Waals surface area contributed by atoms with Gasteiger partial charge in [-0.15, -0.1) is 0 Å². The first-order chi connectivity index (χ1) is 11.3. The molecule has 4 fully saturated rings. The SMILES string of the molecule is C1=CC2CC1CC2Cc1ccc(C[N+]23CCC(CC2)CC3)cc1. The molecule has 4 bridgehead atoms. The zero-order valence-corrected chi connectivity index (χ0v) is 14.3. The number of hydrogen-bond acceptors (Lipinski definition) is 0. The van der Waals surface area contributed by atoms with Gasteiger partial charge in [-0.05, 0) is 67.8 Å². The van der Waals surface area contributed by atoms with E-state index in [2.05, 4.69) is 36.4 Å². The molecule has 23 heavy (non-hydrogen) atoms. The van der Waals surface area contributed by atoms with Gasteiger partial charge < -0.3 is 4.48 Å². The van der Waals surface area contributed by atoms with Crippen molar-refractivity contribution in [1.29, 1.82) is 0 Å². The van der Waals surface area contributed by atoms with Crippen LogP contribution in [0.4, 0.5) is 0 Å². The van der Waals surface area contributed by atoms with Crippen molar-refractivity contribution in [3.63, 3.8) is 0 Å². The molecule has 0 spiro atoms. The lowest BCUT2D eigenvalue weighted by Crippen LogP contribution is -2.57. The van der Waals surface area contributed by atoms with Crippen molar-refractivity contribution in [3.8, 4) is 0 Å². The largest absolute Gasteiger partial charge is 0.320 e. The molecule has 1 heteroatoms. The summed E-state index contributed by atoms with van der Waals surface area (Å²) in [5.74, 6) is 3.77. The second-order valence-corrected chi connectivity index (χ2v) is 8.96. The first kappa shape index (κ1) is 14.3. The van der Waals surface area contributed by atoms with E-state index in [0.717, 1.165) is 23.7 Å².